The quantitative estimate of drug-likeness (QED) is 0.0278. The Kier molecular flexibility index (Phi) is 48.8. The first-order valence-corrected chi connectivity index (χ1v) is 28.6. The van der Waals surface area contributed by atoms with Gasteiger partial charge in [-0.3, -0.25) is 18.6 Å². The molecule has 0 radical (unpaired) electrons. The number of carbonyl (C=O) groups excluding carboxylic acids is 2. The molecule has 0 aliphatic carbocycles. The van der Waals surface area contributed by atoms with Crippen LogP contribution in [0.5, 0.6) is 0 Å². The van der Waals surface area contributed by atoms with Crippen LogP contribution >= 0.6 is 7.82 Å². The highest BCUT2D eigenvalue weighted by molar-refractivity contribution is 7.47. The summed E-state index contributed by atoms with van der Waals surface area (Å²) >= 11 is 0. The lowest BCUT2D eigenvalue weighted by Crippen LogP contribution is -2.29. The molecule has 0 aliphatic heterocycles. The van der Waals surface area contributed by atoms with E-state index in [2.05, 4.69) is 38.2 Å². The van der Waals surface area contributed by atoms with Crippen molar-refractivity contribution in [2.24, 2.45) is 0 Å². The maximum absolute atomic E-state index is 12.6. The number of allylic oxidation sites excluding steroid dienone is 4. The van der Waals surface area contributed by atoms with Crippen LogP contribution in [-0.2, 0) is 32.7 Å². The van der Waals surface area contributed by atoms with Gasteiger partial charge < -0.3 is 14.4 Å². The van der Waals surface area contributed by atoms with E-state index in [0.717, 1.165) is 44.9 Å². The SMILES string of the molecule is CCCCC/C=C\C/C=C\CCCCCCCCCCCC(=O)OC(COC(=O)CCCCCCCCCCCCCCCCCCCCCCCCCC)COP(=O)(O)OCC. The fraction of sp³-hybridized carbons (Fsp3) is 0.889. The van der Waals surface area contributed by atoms with Gasteiger partial charge in [0.15, 0.2) is 6.10 Å². The van der Waals surface area contributed by atoms with Crippen LogP contribution in [0.4, 0.5) is 0 Å². The number of hydrogen-bond acceptors (Lipinski definition) is 7. The molecule has 0 aromatic heterocycles. The Hall–Kier alpha value is -1.47. The largest absolute Gasteiger partial charge is 0.472 e. The molecule has 0 fully saturated rings. The Balaban J connectivity index is 3.90. The molecule has 8 nitrogen and oxygen atoms in total. The fourth-order valence-corrected chi connectivity index (χ4v) is 8.77. The molecule has 0 saturated carbocycles. The topological polar surface area (TPSA) is 108 Å². The standard InChI is InChI=1S/C54H103O8P/c1-4-7-9-11-13-15-17-19-21-23-25-26-27-28-29-31-32-34-36-38-40-42-44-46-48-53(55)59-50-52(51-61-63(57,58)60-6-3)62-54(56)49-47-45-43-41-39-37-35-33-30-24-22-20-18-16-14-12-10-8-5-2/h14,16,20,22,52H,4-13,15,17-19,21,23-51H2,1-3H3,(H,57,58)/b16-14-,22-20-. The van der Waals surface area contributed by atoms with Crippen LogP contribution in [0.15, 0.2) is 24.3 Å². The number of esters is 2. The van der Waals surface area contributed by atoms with E-state index in [4.69, 9.17) is 18.5 Å². The number of carbonyl (C=O) groups is 2. The van der Waals surface area contributed by atoms with Crippen molar-refractivity contribution >= 4 is 19.8 Å². The highest BCUT2D eigenvalue weighted by atomic mass is 31.2. The van der Waals surface area contributed by atoms with Crippen molar-refractivity contribution in [3.8, 4) is 0 Å². The molecule has 0 aromatic carbocycles. The van der Waals surface area contributed by atoms with Gasteiger partial charge >= 0.3 is 19.8 Å². The molecule has 1 N–H and O–H groups in total. The van der Waals surface area contributed by atoms with Crippen molar-refractivity contribution in [3.63, 3.8) is 0 Å². The maximum Gasteiger partial charge on any atom is 0.472 e. The molecule has 2 atom stereocenters. The number of unbranched alkanes of at least 4 members (excludes halogenated alkanes) is 35. The molecular weight excluding hydrogens is 808 g/mol. The normalized spacial score (nSPS) is 13.3. The zero-order chi connectivity index (χ0) is 46.0. The molecule has 0 amide bonds. The number of hydrogen-bond donors (Lipinski definition) is 1. The third-order valence-corrected chi connectivity index (χ3v) is 13.1. The van der Waals surface area contributed by atoms with Crippen LogP contribution in [0.2, 0.25) is 0 Å². The summed E-state index contributed by atoms with van der Waals surface area (Å²) in [7, 11) is -4.29. The van der Waals surface area contributed by atoms with E-state index in [-0.39, 0.29) is 32.2 Å². The third-order valence-electron chi connectivity index (χ3n) is 12.0. The summed E-state index contributed by atoms with van der Waals surface area (Å²) < 4.78 is 32.8. The van der Waals surface area contributed by atoms with Crippen LogP contribution in [0, 0.1) is 0 Å². The second-order valence-electron chi connectivity index (χ2n) is 18.3. The lowest BCUT2D eigenvalue weighted by Gasteiger charge is -2.19. The van der Waals surface area contributed by atoms with Crippen LogP contribution in [-0.4, -0.2) is 42.8 Å². The summed E-state index contributed by atoms with van der Waals surface area (Å²) in [5.74, 6) is -0.786. The highest BCUT2D eigenvalue weighted by Gasteiger charge is 2.25. The van der Waals surface area contributed by atoms with Crippen LogP contribution in [0.1, 0.15) is 284 Å². The van der Waals surface area contributed by atoms with Crippen molar-refractivity contribution in [1.29, 1.82) is 0 Å². The molecule has 0 spiro atoms. The molecule has 63 heavy (non-hydrogen) atoms. The minimum absolute atomic E-state index is 0.00196. The smallest absolute Gasteiger partial charge is 0.462 e. The summed E-state index contributed by atoms with van der Waals surface area (Å²) in [4.78, 5) is 35.0. The fourth-order valence-electron chi connectivity index (χ4n) is 8.02. The lowest BCUT2D eigenvalue weighted by molar-refractivity contribution is -0.161. The Labute approximate surface area is 390 Å². The second-order valence-corrected chi connectivity index (χ2v) is 19.7. The molecule has 0 rings (SSSR count). The van der Waals surface area contributed by atoms with E-state index < -0.39 is 19.9 Å². The predicted octanol–water partition coefficient (Wildman–Crippen LogP) is 17.7. The first-order valence-electron chi connectivity index (χ1n) is 27.1. The average molecular weight is 911 g/mol. The number of rotatable bonds is 51. The number of phosphoric acid groups is 1. The van der Waals surface area contributed by atoms with Crippen molar-refractivity contribution in [2.45, 2.75) is 290 Å². The number of ether oxygens (including phenoxy) is 2. The monoisotopic (exact) mass is 911 g/mol. The minimum Gasteiger partial charge on any atom is -0.462 e. The van der Waals surface area contributed by atoms with Gasteiger partial charge in [-0.2, -0.15) is 0 Å². The third kappa shape index (κ3) is 49.8. The summed E-state index contributed by atoms with van der Waals surface area (Å²) in [5.41, 5.74) is 0. The molecule has 9 heteroatoms. The molecule has 0 heterocycles. The van der Waals surface area contributed by atoms with Crippen molar-refractivity contribution in [2.75, 3.05) is 19.8 Å². The van der Waals surface area contributed by atoms with Gasteiger partial charge in [0, 0.05) is 12.8 Å². The zero-order valence-corrected chi connectivity index (χ0v) is 42.6. The molecule has 2 unspecified atom stereocenters. The van der Waals surface area contributed by atoms with Crippen molar-refractivity contribution < 1.29 is 37.6 Å². The molecule has 0 saturated heterocycles. The number of phosphoric ester groups is 1. The van der Waals surface area contributed by atoms with Crippen LogP contribution < -0.4 is 0 Å². The first kappa shape index (κ1) is 61.5. The van der Waals surface area contributed by atoms with E-state index in [1.807, 2.05) is 0 Å². The maximum atomic E-state index is 12.6. The minimum atomic E-state index is -4.29. The molecule has 0 aliphatic rings. The lowest BCUT2D eigenvalue weighted by atomic mass is 10.0. The van der Waals surface area contributed by atoms with Gasteiger partial charge in [0.05, 0.1) is 13.2 Å². The average Bonchev–Trinajstić information content (AvgIpc) is 3.26. The van der Waals surface area contributed by atoms with E-state index in [1.54, 1.807) is 6.92 Å². The Bertz CT molecular complexity index is 1080. The Morgan fingerprint density at radius 1 is 0.429 bits per heavy atom. The van der Waals surface area contributed by atoms with Gasteiger partial charge in [0.2, 0.25) is 0 Å². The van der Waals surface area contributed by atoms with Gasteiger partial charge in [-0.15, -0.1) is 0 Å². The van der Waals surface area contributed by atoms with E-state index >= 15 is 0 Å². The van der Waals surface area contributed by atoms with Crippen LogP contribution in [0.25, 0.3) is 0 Å². The van der Waals surface area contributed by atoms with E-state index in [0.29, 0.717) is 12.8 Å². The van der Waals surface area contributed by atoms with Gasteiger partial charge in [0.1, 0.15) is 6.61 Å². The highest BCUT2D eigenvalue weighted by Crippen LogP contribution is 2.43. The summed E-state index contributed by atoms with van der Waals surface area (Å²) in [6.45, 7) is 5.51. The second kappa shape index (κ2) is 50.0. The zero-order valence-electron chi connectivity index (χ0n) is 41.8. The molecule has 372 valence electrons. The molecule has 0 bridgehead atoms. The summed E-state index contributed by atoms with van der Waals surface area (Å²) in [6.07, 6.45) is 58.2. The Morgan fingerprint density at radius 3 is 1.16 bits per heavy atom. The van der Waals surface area contributed by atoms with Gasteiger partial charge in [0.25, 0.3) is 0 Å². The molecule has 0 aromatic rings. The Morgan fingerprint density at radius 2 is 0.762 bits per heavy atom. The predicted molar refractivity (Wildman–Crippen MR) is 267 cm³/mol. The van der Waals surface area contributed by atoms with Gasteiger partial charge in [-0.1, -0.05) is 244 Å². The van der Waals surface area contributed by atoms with Gasteiger partial charge in [-0.25, -0.2) is 4.57 Å². The van der Waals surface area contributed by atoms with Crippen molar-refractivity contribution in [3.05, 3.63) is 24.3 Å². The first-order chi connectivity index (χ1) is 30.8. The molecular formula is C54H103O8P. The van der Waals surface area contributed by atoms with E-state index in [9.17, 15) is 19.0 Å². The van der Waals surface area contributed by atoms with Crippen LogP contribution in [0.3, 0.4) is 0 Å². The van der Waals surface area contributed by atoms with Crippen molar-refractivity contribution in [1.82, 2.24) is 0 Å². The van der Waals surface area contributed by atoms with Gasteiger partial charge in [-0.05, 0) is 51.9 Å². The summed E-state index contributed by atoms with van der Waals surface area (Å²) in [6, 6.07) is 0. The van der Waals surface area contributed by atoms with E-state index in [1.165, 1.54) is 199 Å². The summed E-state index contributed by atoms with van der Waals surface area (Å²) in [5, 5.41) is 0.